The van der Waals surface area contributed by atoms with Gasteiger partial charge in [0, 0.05) is 32.7 Å². The fourth-order valence-corrected chi connectivity index (χ4v) is 4.66. The van der Waals surface area contributed by atoms with E-state index < -0.39 is 0 Å². The van der Waals surface area contributed by atoms with Crippen LogP contribution in [0.3, 0.4) is 0 Å². The van der Waals surface area contributed by atoms with Gasteiger partial charge in [-0.05, 0) is 24.3 Å². The summed E-state index contributed by atoms with van der Waals surface area (Å²) in [6, 6.07) is 14.1. The van der Waals surface area contributed by atoms with E-state index in [4.69, 9.17) is 20.2 Å². The first-order chi connectivity index (χ1) is 13.7. The lowest BCUT2D eigenvalue weighted by molar-refractivity contribution is 0.242. The lowest BCUT2D eigenvalue weighted by Crippen LogP contribution is -2.48. The molecular weight excluding hydrogens is 372 g/mol. The minimum absolute atomic E-state index is 0.0973. The number of aromatic nitrogens is 1. The van der Waals surface area contributed by atoms with E-state index in [1.54, 1.807) is 25.6 Å². The number of fused-ring (bicyclic) bond motifs is 1. The van der Waals surface area contributed by atoms with Crippen LogP contribution >= 0.6 is 11.3 Å². The van der Waals surface area contributed by atoms with Gasteiger partial charge in [-0.15, -0.1) is 11.3 Å². The third kappa shape index (κ3) is 3.78. The Kier molecular flexibility index (Phi) is 5.66. The van der Waals surface area contributed by atoms with Crippen molar-refractivity contribution in [3.05, 3.63) is 47.5 Å². The van der Waals surface area contributed by atoms with Crippen LogP contribution in [0.1, 0.15) is 11.0 Å². The summed E-state index contributed by atoms with van der Waals surface area (Å²) < 4.78 is 12.0. The van der Waals surface area contributed by atoms with Crippen molar-refractivity contribution in [2.75, 3.05) is 51.8 Å². The van der Waals surface area contributed by atoms with Gasteiger partial charge in [-0.25, -0.2) is 4.98 Å². The second-order valence-corrected chi connectivity index (χ2v) is 7.99. The summed E-state index contributed by atoms with van der Waals surface area (Å²) in [6.07, 6.45) is 0. The van der Waals surface area contributed by atoms with Crippen LogP contribution < -0.4 is 20.1 Å². The molecule has 7 heteroatoms. The van der Waals surface area contributed by atoms with Crippen molar-refractivity contribution in [3.63, 3.8) is 0 Å². The number of hydrogen-bond donors (Lipinski definition) is 1. The van der Waals surface area contributed by atoms with Crippen LogP contribution in [0.5, 0.6) is 11.5 Å². The van der Waals surface area contributed by atoms with Crippen molar-refractivity contribution >= 4 is 27.2 Å². The number of methoxy groups -OCH3 is 2. The van der Waals surface area contributed by atoms with E-state index in [1.807, 2.05) is 24.3 Å². The highest BCUT2D eigenvalue weighted by molar-refractivity contribution is 7.18. The molecule has 2 heterocycles. The van der Waals surface area contributed by atoms with Gasteiger partial charge in [0.25, 0.3) is 0 Å². The van der Waals surface area contributed by atoms with E-state index in [0.29, 0.717) is 0 Å². The van der Waals surface area contributed by atoms with Gasteiger partial charge in [-0.2, -0.15) is 0 Å². The molecule has 6 nitrogen and oxygen atoms in total. The number of anilines is 1. The summed E-state index contributed by atoms with van der Waals surface area (Å²) in [5, 5.41) is 0.964. The Hall–Kier alpha value is -2.35. The molecule has 0 saturated carbocycles. The monoisotopic (exact) mass is 398 g/mol. The number of para-hydroxylation sites is 3. The smallest absolute Gasteiger partial charge is 0.145 e. The number of ether oxygens (including phenoxy) is 2. The van der Waals surface area contributed by atoms with Gasteiger partial charge >= 0.3 is 0 Å². The fraction of sp³-hybridized carbons (Fsp3) is 0.381. The summed E-state index contributed by atoms with van der Waals surface area (Å²) in [4.78, 5) is 9.54. The highest BCUT2D eigenvalue weighted by Crippen LogP contribution is 2.32. The predicted molar refractivity (Wildman–Crippen MR) is 115 cm³/mol. The summed E-state index contributed by atoms with van der Waals surface area (Å²) in [7, 11) is 3.40. The molecule has 1 unspecified atom stereocenters. The van der Waals surface area contributed by atoms with Crippen LogP contribution in [-0.2, 0) is 0 Å². The first-order valence-corrected chi connectivity index (χ1v) is 10.3. The number of nitrogens with two attached hydrogens (primary N) is 1. The van der Waals surface area contributed by atoms with Crippen molar-refractivity contribution in [3.8, 4) is 11.5 Å². The molecule has 28 heavy (non-hydrogen) atoms. The lowest BCUT2D eigenvalue weighted by Gasteiger charge is -2.37. The van der Waals surface area contributed by atoms with Crippen molar-refractivity contribution in [2.45, 2.75) is 6.04 Å². The molecule has 0 aliphatic carbocycles. The second-order valence-electron chi connectivity index (χ2n) is 6.93. The average Bonchev–Trinajstić information content (AvgIpc) is 3.19. The van der Waals surface area contributed by atoms with Gasteiger partial charge < -0.3 is 20.1 Å². The SMILES string of the molecule is COc1ccccc1N1CCN(CC(N)c2nc3c(OC)cccc3s2)CC1. The predicted octanol–water partition coefficient (Wildman–Crippen LogP) is 3.14. The minimum Gasteiger partial charge on any atom is -0.495 e. The molecule has 0 bridgehead atoms. The number of hydrogen-bond acceptors (Lipinski definition) is 7. The van der Waals surface area contributed by atoms with Crippen LogP contribution in [0, 0.1) is 0 Å². The topological polar surface area (TPSA) is 63.9 Å². The third-order valence-corrected chi connectivity index (χ3v) is 6.34. The molecule has 1 atom stereocenters. The molecule has 3 aromatic rings. The highest BCUT2D eigenvalue weighted by Gasteiger charge is 2.23. The minimum atomic E-state index is -0.0973. The van der Waals surface area contributed by atoms with E-state index in [2.05, 4.69) is 28.0 Å². The number of benzene rings is 2. The molecular formula is C21H26N4O2S. The third-order valence-electron chi connectivity index (χ3n) is 5.19. The summed E-state index contributed by atoms with van der Waals surface area (Å²) >= 11 is 1.66. The normalized spacial score (nSPS) is 16.3. The lowest BCUT2D eigenvalue weighted by atomic mass is 10.2. The van der Waals surface area contributed by atoms with Gasteiger partial charge in [0.2, 0.25) is 0 Å². The summed E-state index contributed by atoms with van der Waals surface area (Å²) in [6.45, 7) is 4.67. The van der Waals surface area contributed by atoms with Crippen LogP contribution in [0.4, 0.5) is 5.69 Å². The van der Waals surface area contributed by atoms with Crippen molar-refractivity contribution in [1.82, 2.24) is 9.88 Å². The van der Waals surface area contributed by atoms with E-state index in [-0.39, 0.29) is 6.04 Å². The Morgan fingerprint density at radius 3 is 2.46 bits per heavy atom. The number of piperazine rings is 1. The van der Waals surface area contributed by atoms with Crippen molar-refractivity contribution in [2.24, 2.45) is 5.73 Å². The molecule has 4 rings (SSSR count). The molecule has 0 amide bonds. The molecule has 1 aliphatic rings. The maximum absolute atomic E-state index is 6.50. The molecule has 1 fully saturated rings. The Morgan fingerprint density at radius 1 is 1.00 bits per heavy atom. The number of rotatable bonds is 6. The van der Waals surface area contributed by atoms with Crippen molar-refractivity contribution < 1.29 is 9.47 Å². The molecule has 148 valence electrons. The Morgan fingerprint density at radius 2 is 1.71 bits per heavy atom. The van der Waals surface area contributed by atoms with Gasteiger partial charge in [-0.1, -0.05) is 18.2 Å². The number of nitrogens with zero attached hydrogens (tertiary/aromatic N) is 3. The Bertz CT molecular complexity index is 937. The van der Waals surface area contributed by atoms with E-state index in [0.717, 1.165) is 65.1 Å². The van der Waals surface area contributed by atoms with Crippen LogP contribution in [0.2, 0.25) is 0 Å². The molecule has 1 aromatic heterocycles. The van der Waals surface area contributed by atoms with E-state index in [1.165, 1.54) is 0 Å². The maximum Gasteiger partial charge on any atom is 0.145 e. The molecule has 0 spiro atoms. The van der Waals surface area contributed by atoms with Crippen molar-refractivity contribution in [1.29, 1.82) is 0 Å². The molecule has 1 aliphatic heterocycles. The standard InChI is InChI=1S/C21H26N4O2S/c1-26-17-7-4-3-6-16(17)25-12-10-24(11-13-25)14-15(22)21-23-20-18(27-2)8-5-9-19(20)28-21/h3-9,15H,10-14,22H2,1-2H3. The number of thiazole rings is 1. The van der Waals surface area contributed by atoms with Gasteiger partial charge in [0.15, 0.2) is 0 Å². The first-order valence-electron chi connectivity index (χ1n) is 9.49. The maximum atomic E-state index is 6.50. The molecule has 2 aromatic carbocycles. The van der Waals surface area contributed by atoms with Gasteiger partial charge in [-0.3, -0.25) is 4.90 Å². The van der Waals surface area contributed by atoms with Crippen LogP contribution in [-0.4, -0.2) is 56.8 Å². The second kappa shape index (κ2) is 8.34. The zero-order chi connectivity index (χ0) is 19.5. The highest BCUT2D eigenvalue weighted by atomic mass is 32.1. The van der Waals surface area contributed by atoms with Crippen LogP contribution in [0.15, 0.2) is 42.5 Å². The van der Waals surface area contributed by atoms with E-state index >= 15 is 0 Å². The molecule has 0 radical (unpaired) electrons. The largest absolute Gasteiger partial charge is 0.495 e. The summed E-state index contributed by atoms with van der Waals surface area (Å²) in [5.41, 5.74) is 8.57. The Balaban J connectivity index is 1.39. The summed E-state index contributed by atoms with van der Waals surface area (Å²) in [5.74, 6) is 1.73. The first kappa shape index (κ1) is 19.0. The average molecular weight is 399 g/mol. The van der Waals surface area contributed by atoms with E-state index in [9.17, 15) is 0 Å². The fourth-order valence-electron chi connectivity index (χ4n) is 3.68. The van der Waals surface area contributed by atoms with Gasteiger partial charge in [0.05, 0.1) is 30.6 Å². The Labute approximate surface area is 169 Å². The molecule has 2 N–H and O–H groups in total. The molecule has 1 saturated heterocycles. The van der Waals surface area contributed by atoms with Crippen LogP contribution in [0.25, 0.3) is 10.2 Å². The zero-order valence-electron chi connectivity index (χ0n) is 16.3. The quantitative estimate of drug-likeness (QED) is 0.688. The van der Waals surface area contributed by atoms with Gasteiger partial charge in [0.1, 0.15) is 22.0 Å². The zero-order valence-corrected chi connectivity index (χ0v) is 17.1.